The third-order valence-corrected chi connectivity index (χ3v) is 1.58. The van der Waals surface area contributed by atoms with Crippen LogP contribution >= 0.6 is 0 Å². The molecule has 0 heterocycles. The summed E-state index contributed by atoms with van der Waals surface area (Å²) in [5.41, 5.74) is 0.247. The fourth-order valence-corrected chi connectivity index (χ4v) is 0.863. The molecule has 0 atom stereocenters. The van der Waals surface area contributed by atoms with Crippen LogP contribution in [0.1, 0.15) is 5.56 Å². The number of esters is 1. The van der Waals surface area contributed by atoms with Crippen molar-refractivity contribution >= 4 is 11.7 Å². The highest BCUT2D eigenvalue weighted by molar-refractivity contribution is 5.88. The highest BCUT2D eigenvalue weighted by atomic mass is 19.1. The van der Waals surface area contributed by atoms with Gasteiger partial charge in [0, 0.05) is 6.08 Å². The van der Waals surface area contributed by atoms with Gasteiger partial charge >= 0.3 is 5.97 Å². The van der Waals surface area contributed by atoms with Crippen LogP contribution in [0.2, 0.25) is 0 Å². The van der Waals surface area contributed by atoms with Gasteiger partial charge in [0.05, 0.1) is 7.11 Å². The van der Waals surface area contributed by atoms with Gasteiger partial charge in [-0.2, -0.15) is 0 Å². The number of hydrogen-bond acceptors (Lipinski definition) is 3. The van der Waals surface area contributed by atoms with Gasteiger partial charge in [-0.05, 0) is 17.7 Å². The molecule has 0 saturated heterocycles. The summed E-state index contributed by atoms with van der Waals surface area (Å²) < 4.78 is 16.7. The van der Waals surface area contributed by atoms with Crippen LogP contribution in [-0.4, -0.2) is 13.1 Å². The second-order valence-electron chi connectivity index (χ2n) is 2.54. The molecule has 0 bridgehead atoms. The SMILES string of the molecule is COC(=O)/C=C(\[O-])c1ccc(F)cc1. The van der Waals surface area contributed by atoms with Crippen LogP contribution in [-0.2, 0) is 9.53 Å². The van der Waals surface area contributed by atoms with Gasteiger partial charge in [-0.25, -0.2) is 9.18 Å². The summed E-state index contributed by atoms with van der Waals surface area (Å²) in [6.45, 7) is 0. The van der Waals surface area contributed by atoms with Crippen LogP contribution in [0.5, 0.6) is 0 Å². The average molecular weight is 195 g/mol. The maximum Gasteiger partial charge on any atom is 0.329 e. The first kappa shape index (κ1) is 10.2. The first-order valence-corrected chi connectivity index (χ1v) is 3.86. The van der Waals surface area contributed by atoms with E-state index in [1.54, 1.807) is 0 Å². The van der Waals surface area contributed by atoms with Crippen LogP contribution in [0.3, 0.4) is 0 Å². The quantitative estimate of drug-likeness (QED) is 0.396. The van der Waals surface area contributed by atoms with E-state index in [9.17, 15) is 14.3 Å². The lowest BCUT2D eigenvalue weighted by molar-refractivity contribution is -0.244. The summed E-state index contributed by atoms with van der Waals surface area (Å²) in [7, 11) is 1.18. The molecule has 0 aliphatic heterocycles. The van der Waals surface area contributed by atoms with Gasteiger partial charge < -0.3 is 9.84 Å². The zero-order valence-electron chi connectivity index (χ0n) is 7.49. The van der Waals surface area contributed by atoms with E-state index in [4.69, 9.17) is 0 Å². The number of carbonyl (C=O) groups excluding carboxylic acids is 1. The largest absolute Gasteiger partial charge is 0.872 e. The number of ether oxygens (including phenoxy) is 1. The average Bonchev–Trinajstić information content (AvgIpc) is 2.18. The number of rotatable bonds is 2. The van der Waals surface area contributed by atoms with Gasteiger partial charge in [0.25, 0.3) is 0 Å². The molecule has 74 valence electrons. The van der Waals surface area contributed by atoms with E-state index in [-0.39, 0.29) is 5.56 Å². The van der Waals surface area contributed by atoms with E-state index >= 15 is 0 Å². The molecule has 4 heteroatoms. The Morgan fingerprint density at radius 2 is 2.00 bits per heavy atom. The number of methoxy groups -OCH3 is 1. The molecule has 1 aromatic rings. The van der Waals surface area contributed by atoms with Gasteiger partial charge in [0.2, 0.25) is 0 Å². The Hall–Kier alpha value is -1.84. The molecule has 0 aromatic heterocycles. The van der Waals surface area contributed by atoms with Crippen molar-refractivity contribution in [1.82, 2.24) is 0 Å². The summed E-state index contributed by atoms with van der Waals surface area (Å²) in [4.78, 5) is 10.7. The third kappa shape index (κ3) is 2.58. The first-order chi connectivity index (χ1) is 6.63. The summed E-state index contributed by atoms with van der Waals surface area (Å²) in [6.07, 6.45) is 0.813. The molecule has 0 saturated carbocycles. The zero-order valence-corrected chi connectivity index (χ0v) is 7.49. The molecule has 0 unspecified atom stereocenters. The molecule has 0 radical (unpaired) electrons. The second kappa shape index (κ2) is 4.41. The number of benzene rings is 1. The number of hydrogen-bond donors (Lipinski definition) is 0. The maximum atomic E-state index is 12.5. The minimum absolute atomic E-state index is 0.247. The molecular weight excluding hydrogens is 187 g/mol. The monoisotopic (exact) mass is 195 g/mol. The summed E-state index contributed by atoms with van der Waals surface area (Å²) in [5, 5.41) is 11.2. The topological polar surface area (TPSA) is 49.4 Å². The van der Waals surface area contributed by atoms with Crippen LogP contribution in [0.15, 0.2) is 30.3 Å². The van der Waals surface area contributed by atoms with Crippen molar-refractivity contribution in [2.45, 2.75) is 0 Å². The van der Waals surface area contributed by atoms with Crippen molar-refractivity contribution in [3.63, 3.8) is 0 Å². The van der Waals surface area contributed by atoms with E-state index in [1.165, 1.54) is 19.2 Å². The predicted octanol–water partition coefficient (Wildman–Crippen LogP) is 0.700. The first-order valence-electron chi connectivity index (χ1n) is 3.86. The minimum Gasteiger partial charge on any atom is -0.872 e. The minimum atomic E-state index is -0.723. The number of carbonyl (C=O) groups is 1. The van der Waals surface area contributed by atoms with Crippen molar-refractivity contribution in [2.75, 3.05) is 7.11 Å². The normalized spacial score (nSPS) is 11.1. The second-order valence-corrected chi connectivity index (χ2v) is 2.54. The molecule has 0 fully saturated rings. The van der Waals surface area contributed by atoms with E-state index in [0.29, 0.717) is 0 Å². The van der Waals surface area contributed by atoms with Crippen LogP contribution in [0.25, 0.3) is 5.76 Å². The zero-order chi connectivity index (χ0) is 10.6. The Bertz CT molecular complexity index is 354. The molecule has 0 spiro atoms. The van der Waals surface area contributed by atoms with E-state index < -0.39 is 17.5 Å². The molecule has 0 N–H and O–H groups in total. The lowest BCUT2D eigenvalue weighted by Crippen LogP contribution is -2.06. The third-order valence-electron chi connectivity index (χ3n) is 1.58. The smallest absolute Gasteiger partial charge is 0.329 e. The molecule has 14 heavy (non-hydrogen) atoms. The van der Waals surface area contributed by atoms with Crippen LogP contribution < -0.4 is 5.11 Å². The summed E-state index contributed by atoms with van der Waals surface area (Å²) >= 11 is 0. The molecular formula is C10H8FO3-. The Labute approximate surface area is 80.4 Å². The summed E-state index contributed by atoms with van der Waals surface area (Å²) in [6, 6.07) is 4.91. The molecule has 0 aliphatic rings. The lowest BCUT2D eigenvalue weighted by atomic mass is 10.2. The fraction of sp³-hybridized carbons (Fsp3) is 0.100. The van der Waals surface area contributed by atoms with Crippen LogP contribution in [0, 0.1) is 5.82 Å². The van der Waals surface area contributed by atoms with Gasteiger partial charge in [0.1, 0.15) is 5.82 Å². The lowest BCUT2D eigenvalue weighted by Gasteiger charge is -2.10. The molecule has 1 aromatic carbocycles. The molecule has 0 amide bonds. The molecule has 1 rings (SSSR count). The van der Waals surface area contributed by atoms with Crippen molar-refractivity contribution in [1.29, 1.82) is 0 Å². The maximum absolute atomic E-state index is 12.5. The van der Waals surface area contributed by atoms with Gasteiger partial charge in [0.15, 0.2) is 0 Å². The Morgan fingerprint density at radius 1 is 1.43 bits per heavy atom. The van der Waals surface area contributed by atoms with E-state index in [1.807, 2.05) is 0 Å². The standard InChI is InChI=1S/C10H9FO3/c1-14-10(13)6-9(12)7-2-4-8(11)5-3-7/h2-6,12H,1H3/p-1/b9-6-. The van der Waals surface area contributed by atoms with Gasteiger partial charge in [-0.1, -0.05) is 17.9 Å². The van der Waals surface area contributed by atoms with Crippen molar-refractivity contribution < 1.29 is 19.0 Å². The van der Waals surface area contributed by atoms with Gasteiger partial charge in [-0.15, -0.1) is 0 Å². The Balaban J connectivity index is 2.89. The Kier molecular flexibility index (Phi) is 3.23. The predicted molar refractivity (Wildman–Crippen MR) is 46.4 cm³/mol. The van der Waals surface area contributed by atoms with Crippen molar-refractivity contribution in [2.24, 2.45) is 0 Å². The van der Waals surface area contributed by atoms with Crippen LogP contribution in [0.4, 0.5) is 4.39 Å². The Morgan fingerprint density at radius 3 is 2.50 bits per heavy atom. The number of halogens is 1. The summed E-state index contributed by atoms with van der Waals surface area (Å²) in [5.74, 6) is -1.66. The molecule has 0 aliphatic carbocycles. The highest BCUT2D eigenvalue weighted by Crippen LogP contribution is 2.09. The van der Waals surface area contributed by atoms with E-state index in [2.05, 4.69) is 4.74 Å². The van der Waals surface area contributed by atoms with Crippen molar-refractivity contribution in [3.8, 4) is 0 Å². The van der Waals surface area contributed by atoms with E-state index in [0.717, 1.165) is 18.2 Å². The van der Waals surface area contributed by atoms with Crippen molar-refractivity contribution in [3.05, 3.63) is 41.7 Å². The van der Waals surface area contributed by atoms with Gasteiger partial charge in [-0.3, -0.25) is 0 Å². The highest BCUT2D eigenvalue weighted by Gasteiger charge is 1.95. The molecule has 3 nitrogen and oxygen atoms in total. The fourth-order valence-electron chi connectivity index (χ4n) is 0.863.